The molecule has 0 N–H and O–H groups in total. The summed E-state index contributed by atoms with van der Waals surface area (Å²) < 4.78 is 7.26. The largest absolute Gasteiger partial charge is 0.361 e. The minimum absolute atomic E-state index is 0.0864. The third-order valence-electron chi connectivity index (χ3n) is 4.55. The Kier molecular flexibility index (Phi) is 3.35. The number of hydrogen-bond donors (Lipinski definition) is 0. The molecule has 3 heterocycles. The Labute approximate surface area is 124 Å². The topological polar surface area (TPSA) is 51.3 Å². The Bertz CT molecular complexity index is 664. The van der Waals surface area contributed by atoms with Crippen LogP contribution in [0.15, 0.2) is 16.8 Å². The van der Waals surface area contributed by atoms with Crippen molar-refractivity contribution in [1.82, 2.24) is 14.6 Å². The van der Waals surface area contributed by atoms with Crippen LogP contribution in [0.3, 0.4) is 0 Å². The van der Waals surface area contributed by atoms with E-state index in [1.807, 2.05) is 49.5 Å². The van der Waals surface area contributed by atoms with Crippen LogP contribution in [-0.2, 0) is 7.05 Å². The van der Waals surface area contributed by atoms with Gasteiger partial charge in [0, 0.05) is 31.0 Å². The van der Waals surface area contributed by atoms with Crippen LogP contribution in [0.25, 0.3) is 0 Å². The van der Waals surface area contributed by atoms with E-state index in [1.54, 1.807) is 0 Å². The molecule has 1 aliphatic rings. The highest BCUT2D eigenvalue weighted by molar-refractivity contribution is 5.96. The summed E-state index contributed by atoms with van der Waals surface area (Å²) in [6, 6.07) is 1.99. The van der Waals surface area contributed by atoms with Gasteiger partial charge in [-0.1, -0.05) is 5.16 Å². The van der Waals surface area contributed by atoms with E-state index in [2.05, 4.69) is 5.16 Å². The molecule has 0 bridgehead atoms. The fourth-order valence-electron chi connectivity index (χ4n) is 3.27. The number of likely N-dealkylation sites (tertiary alicyclic amines) is 1. The van der Waals surface area contributed by atoms with E-state index in [9.17, 15) is 4.79 Å². The van der Waals surface area contributed by atoms with Crippen molar-refractivity contribution in [2.45, 2.75) is 39.7 Å². The van der Waals surface area contributed by atoms with Crippen molar-refractivity contribution in [3.05, 3.63) is 40.5 Å². The maximum atomic E-state index is 12.9. The summed E-state index contributed by atoms with van der Waals surface area (Å²) in [5.41, 5.74) is 3.76. The third-order valence-corrected chi connectivity index (χ3v) is 4.55. The number of hydrogen-bond acceptors (Lipinski definition) is 3. The highest BCUT2D eigenvalue weighted by Gasteiger charge is 2.34. The van der Waals surface area contributed by atoms with E-state index >= 15 is 0 Å². The van der Waals surface area contributed by atoms with Gasteiger partial charge in [0.05, 0.1) is 17.3 Å². The second kappa shape index (κ2) is 5.06. The molecule has 0 aliphatic carbocycles. The maximum absolute atomic E-state index is 12.9. The number of carbonyl (C=O) groups is 1. The SMILES string of the molecule is Cc1noc(C)c1C1CCCN1C(=O)c1ccn(C)c1C. The Balaban J connectivity index is 1.95. The van der Waals surface area contributed by atoms with E-state index in [0.29, 0.717) is 0 Å². The van der Waals surface area contributed by atoms with Gasteiger partial charge in [0.25, 0.3) is 5.91 Å². The minimum atomic E-state index is 0.0864. The predicted molar refractivity (Wildman–Crippen MR) is 79.1 cm³/mol. The zero-order valence-corrected chi connectivity index (χ0v) is 13.0. The summed E-state index contributed by atoms with van der Waals surface area (Å²) in [6.07, 6.45) is 3.93. The van der Waals surface area contributed by atoms with Gasteiger partial charge in [-0.2, -0.15) is 0 Å². The zero-order valence-electron chi connectivity index (χ0n) is 13.0. The first-order valence-corrected chi connectivity index (χ1v) is 7.36. The van der Waals surface area contributed by atoms with Crippen molar-refractivity contribution >= 4 is 5.91 Å². The average Bonchev–Trinajstić information content (AvgIpc) is 3.12. The molecule has 5 heteroatoms. The fraction of sp³-hybridized carbons (Fsp3) is 0.500. The molecule has 5 nitrogen and oxygen atoms in total. The molecule has 1 saturated heterocycles. The molecule has 0 saturated carbocycles. The molecule has 1 atom stereocenters. The number of carbonyl (C=O) groups excluding carboxylic acids is 1. The Morgan fingerprint density at radius 3 is 2.71 bits per heavy atom. The van der Waals surface area contributed by atoms with Crippen LogP contribution in [0.1, 0.15) is 52.0 Å². The van der Waals surface area contributed by atoms with Crippen molar-refractivity contribution < 1.29 is 9.32 Å². The molecular formula is C16H21N3O2. The first-order valence-electron chi connectivity index (χ1n) is 7.36. The Morgan fingerprint density at radius 2 is 2.14 bits per heavy atom. The lowest BCUT2D eigenvalue weighted by atomic mass is 10.0. The van der Waals surface area contributed by atoms with Gasteiger partial charge in [-0.05, 0) is 39.7 Å². The summed E-state index contributed by atoms with van der Waals surface area (Å²) in [4.78, 5) is 14.8. The van der Waals surface area contributed by atoms with E-state index in [1.165, 1.54) is 0 Å². The van der Waals surface area contributed by atoms with E-state index in [-0.39, 0.29) is 11.9 Å². The van der Waals surface area contributed by atoms with Crippen molar-refractivity contribution in [3.8, 4) is 0 Å². The zero-order chi connectivity index (χ0) is 15.1. The fourth-order valence-corrected chi connectivity index (χ4v) is 3.27. The molecule has 1 aliphatic heterocycles. The number of aryl methyl sites for hydroxylation is 3. The number of aromatic nitrogens is 2. The lowest BCUT2D eigenvalue weighted by molar-refractivity contribution is 0.0734. The first kappa shape index (κ1) is 13.9. The first-order chi connectivity index (χ1) is 10.0. The molecule has 2 aromatic rings. The molecule has 3 rings (SSSR count). The molecule has 2 aromatic heterocycles. The molecule has 1 unspecified atom stereocenters. The monoisotopic (exact) mass is 287 g/mol. The second-order valence-corrected chi connectivity index (χ2v) is 5.82. The Morgan fingerprint density at radius 1 is 1.38 bits per heavy atom. The van der Waals surface area contributed by atoms with Crippen LogP contribution in [-0.4, -0.2) is 27.1 Å². The van der Waals surface area contributed by atoms with Gasteiger partial charge in [-0.25, -0.2) is 0 Å². The third kappa shape index (κ3) is 2.17. The molecular weight excluding hydrogens is 266 g/mol. The van der Waals surface area contributed by atoms with Crippen molar-refractivity contribution in [3.63, 3.8) is 0 Å². The van der Waals surface area contributed by atoms with Crippen molar-refractivity contribution in [1.29, 1.82) is 0 Å². The van der Waals surface area contributed by atoms with Gasteiger partial charge in [-0.3, -0.25) is 4.79 Å². The molecule has 112 valence electrons. The summed E-state index contributed by atoms with van der Waals surface area (Å²) in [7, 11) is 1.96. The average molecular weight is 287 g/mol. The van der Waals surface area contributed by atoms with Gasteiger partial charge in [0.2, 0.25) is 0 Å². The van der Waals surface area contributed by atoms with Gasteiger partial charge >= 0.3 is 0 Å². The summed E-state index contributed by atoms with van der Waals surface area (Å²) in [5.74, 6) is 0.928. The molecule has 21 heavy (non-hydrogen) atoms. The summed E-state index contributed by atoms with van der Waals surface area (Å²) in [6.45, 7) is 6.64. The van der Waals surface area contributed by atoms with E-state index in [4.69, 9.17) is 4.52 Å². The highest BCUT2D eigenvalue weighted by Crippen LogP contribution is 2.36. The molecule has 1 fully saturated rings. The minimum Gasteiger partial charge on any atom is -0.361 e. The molecule has 1 amide bonds. The lowest BCUT2D eigenvalue weighted by Crippen LogP contribution is -2.31. The molecule has 0 aromatic carbocycles. The van der Waals surface area contributed by atoms with Crippen LogP contribution in [0.5, 0.6) is 0 Å². The summed E-state index contributed by atoms with van der Waals surface area (Å²) in [5, 5.41) is 4.03. The van der Waals surface area contributed by atoms with E-state index in [0.717, 1.165) is 47.7 Å². The number of nitrogens with zero attached hydrogens (tertiary/aromatic N) is 3. The molecule has 0 spiro atoms. The Hall–Kier alpha value is -2.04. The smallest absolute Gasteiger partial charge is 0.256 e. The standard InChI is InChI=1S/C16H21N3O2/c1-10-15(12(3)21-17-10)14-6-5-8-19(14)16(20)13-7-9-18(4)11(13)2/h7,9,14H,5-6,8H2,1-4H3. The van der Waals surface area contributed by atoms with Gasteiger partial charge in [0.15, 0.2) is 0 Å². The number of amides is 1. The van der Waals surface area contributed by atoms with Crippen LogP contribution in [0, 0.1) is 20.8 Å². The predicted octanol–water partition coefficient (Wildman–Crippen LogP) is 2.92. The van der Waals surface area contributed by atoms with Crippen molar-refractivity contribution in [2.24, 2.45) is 7.05 Å². The van der Waals surface area contributed by atoms with Gasteiger partial charge in [-0.15, -0.1) is 0 Å². The number of rotatable bonds is 2. The van der Waals surface area contributed by atoms with Crippen LogP contribution in [0.2, 0.25) is 0 Å². The maximum Gasteiger partial charge on any atom is 0.256 e. The van der Waals surface area contributed by atoms with Crippen LogP contribution >= 0.6 is 0 Å². The van der Waals surface area contributed by atoms with Crippen LogP contribution in [0.4, 0.5) is 0 Å². The quantitative estimate of drug-likeness (QED) is 0.853. The normalized spacial score (nSPS) is 18.5. The highest BCUT2D eigenvalue weighted by atomic mass is 16.5. The molecule has 0 radical (unpaired) electrons. The van der Waals surface area contributed by atoms with Crippen molar-refractivity contribution in [2.75, 3.05) is 6.54 Å². The van der Waals surface area contributed by atoms with Crippen LogP contribution < -0.4 is 0 Å². The summed E-state index contributed by atoms with van der Waals surface area (Å²) >= 11 is 0. The van der Waals surface area contributed by atoms with Gasteiger partial charge < -0.3 is 14.0 Å². The second-order valence-electron chi connectivity index (χ2n) is 5.82. The van der Waals surface area contributed by atoms with E-state index < -0.39 is 0 Å². The lowest BCUT2D eigenvalue weighted by Gasteiger charge is -2.25. The van der Waals surface area contributed by atoms with Gasteiger partial charge in [0.1, 0.15) is 5.76 Å².